The number of carbonyl (C=O) groups is 3. The number of piperazine rings is 1. The van der Waals surface area contributed by atoms with Gasteiger partial charge in [0.15, 0.2) is 0 Å². The molecule has 38 heavy (non-hydrogen) atoms. The second-order valence-corrected chi connectivity index (χ2v) is 11.6. The molecule has 4 rings (SSSR count). The summed E-state index contributed by atoms with van der Waals surface area (Å²) in [5.41, 5.74) is 0.675. The van der Waals surface area contributed by atoms with Gasteiger partial charge >= 0.3 is 0 Å². The summed E-state index contributed by atoms with van der Waals surface area (Å²) in [5.74, 6) is -0.877. The van der Waals surface area contributed by atoms with Crippen molar-refractivity contribution in [3.05, 3.63) is 40.7 Å². The third kappa shape index (κ3) is 7.13. The highest BCUT2D eigenvalue weighted by molar-refractivity contribution is 7.07. The van der Waals surface area contributed by atoms with E-state index >= 15 is 4.39 Å². The molecule has 1 aromatic carbocycles. The highest BCUT2D eigenvalue weighted by atomic mass is 32.1. The van der Waals surface area contributed by atoms with Gasteiger partial charge in [0.05, 0.1) is 11.9 Å². The fraction of sp³-hybridized carbons (Fsp3) is 0.593. The molecule has 11 heteroatoms. The fourth-order valence-corrected chi connectivity index (χ4v) is 5.63. The zero-order valence-corrected chi connectivity index (χ0v) is 23.1. The number of hydrogen-bond acceptors (Lipinski definition) is 7. The first-order valence-corrected chi connectivity index (χ1v) is 14.1. The van der Waals surface area contributed by atoms with E-state index in [1.165, 1.54) is 18.3 Å². The third-order valence-electron chi connectivity index (χ3n) is 7.86. The molecular weight excluding hydrogens is 507 g/mol. The average Bonchev–Trinajstić information content (AvgIpc) is 3.45. The van der Waals surface area contributed by atoms with E-state index in [4.69, 9.17) is 0 Å². The molecular formula is C27H37FN6O3S. The Morgan fingerprint density at radius 2 is 1.84 bits per heavy atom. The number of anilines is 1. The molecule has 1 aliphatic carbocycles. The molecule has 9 nitrogen and oxygen atoms in total. The summed E-state index contributed by atoms with van der Waals surface area (Å²) in [6.45, 7) is 6.61. The van der Waals surface area contributed by atoms with Crippen LogP contribution in [0.4, 0.5) is 10.1 Å². The lowest BCUT2D eigenvalue weighted by atomic mass is 9.81. The van der Waals surface area contributed by atoms with Crippen molar-refractivity contribution in [1.29, 1.82) is 0 Å². The summed E-state index contributed by atoms with van der Waals surface area (Å²) >= 11 is 0.946. The summed E-state index contributed by atoms with van der Waals surface area (Å²) in [6.07, 6.45) is 6.06. The van der Waals surface area contributed by atoms with Crippen molar-refractivity contribution in [3.63, 3.8) is 0 Å². The highest BCUT2D eigenvalue weighted by Gasteiger charge is 2.34. The summed E-state index contributed by atoms with van der Waals surface area (Å²) < 4.78 is 18.9. The Kier molecular flexibility index (Phi) is 9.43. The fourth-order valence-electron chi connectivity index (χ4n) is 5.21. The smallest absolute Gasteiger partial charge is 0.265 e. The first-order valence-electron chi connectivity index (χ1n) is 13.4. The molecule has 0 bridgehead atoms. The Balaban J connectivity index is 1.46. The minimum Gasteiger partial charge on any atom is -0.339 e. The van der Waals surface area contributed by atoms with Crippen molar-refractivity contribution in [2.24, 2.45) is 11.8 Å². The van der Waals surface area contributed by atoms with Gasteiger partial charge in [-0.25, -0.2) is 4.39 Å². The monoisotopic (exact) mass is 544 g/mol. The van der Waals surface area contributed by atoms with E-state index in [0.29, 0.717) is 41.8 Å². The maximum atomic E-state index is 15.1. The van der Waals surface area contributed by atoms with Crippen LogP contribution >= 0.6 is 11.5 Å². The molecule has 0 radical (unpaired) electrons. The van der Waals surface area contributed by atoms with E-state index in [1.54, 1.807) is 17.9 Å². The van der Waals surface area contributed by atoms with E-state index in [9.17, 15) is 14.4 Å². The van der Waals surface area contributed by atoms with E-state index in [-0.39, 0.29) is 17.5 Å². The SMILES string of the molecule is C[C@@H](c1ccc(NC(=O)C[C@H]2CC[C@H](C)CC2)c(F)c1)[C@@H](NC(=O)c1cnns1)C(=O)N1CCN(C)CC1. The first kappa shape index (κ1) is 28.1. The largest absolute Gasteiger partial charge is 0.339 e. The van der Waals surface area contributed by atoms with Crippen LogP contribution in [0.15, 0.2) is 24.4 Å². The van der Waals surface area contributed by atoms with Gasteiger partial charge in [-0.15, -0.1) is 5.10 Å². The van der Waals surface area contributed by atoms with Gasteiger partial charge < -0.3 is 20.4 Å². The molecule has 1 aliphatic heterocycles. The lowest BCUT2D eigenvalue weighted by Crippen LogP contribution is -2.55. The highest BCUT2D eigenvalue weighted by Crippen LogP contribution is 2.31. The number of carbonyl (C=O) groups excluding carboxylic acids is 3. The summed E-state index contributed by atoms with van der Waals surface area (Å²) in [6, 6.07) is 3.68. The molecule has 206 valence electrons. The Morgan fingerprint density at radius 1 is 1.13 bits per heavy atom. The van der Waals surface area contributed by atoms with E-state index in [1.807, 2.05) is 7.05 Å². The van der Waals surface area contributed by atoms with Gasteiger partial charge in [-0.05, 0) is 61.0 Å². The number of likely N-dealkylation sites (N-methyl/N-ethyl adjacent to an activating group) is 1. The average molecular weight is 545 g/mol. The van der Waals surface area contributed by atoms with Crippen molar-refractivity contribution in [1.82, 2.24) is 24.7 Å². The number of rotatable bonds is 8. The number of benzene rings is 1. The quantitative estimate of drug-likeness (QED) is 0.527. The van der Waals surface area contributed by atoms with Crippen LogP contribution in [0.1, 0.15) is 67.1 Å². The molecule has 0 unspecified atom stereocenters. The summed E-state index contributed by atoms with van der Waals surface area (Å²) in [7, 11) is 2.00. The maximum Gasteiger partial charge on any atom is 0.265 e. The second kappa shape index (κ2) is 12.8. The van der Waals surface area contributed by atoms with Gasteiger partial charge in [0.1, 0.15) is 16.7 Å². The molecule has 1 saturated heterocycles. The molecule has 1 saturated carbocycles. The van der Waals surface area contributed by atoms with E-state index in [0.717, 1.165) is 50.3 Å². The van der Waals surface area contributed by atoms with Gasteiger partial charge in [0.25, 0.3) is 5.91 Å². The Hall–Kier alpha value is -2.92. The Bertz CT molecular complexity index is 1110. The molecule has 2 aliphatic rings. The third-order valence-corrected chi connectivity index (χ3v) is 8.52. The maximum absolute atomic E-state index is 15.1. The Morgan fingerprint density at radius 3 is 2.47 bits per heavy atom. The molecule has 2 fully saturated rings. The van der Waals surface area contributed by atoms with Gasteiger partial charge in [-0.3, -0.25) is 14.4 Å². The summed E-state index contributed by atoms with van der Waals surface area (Å²) in [4.78, 5) is 43.1. The number of nitrogens with zero attached hydrogens (tertiary/aromatic N) is 4. The number of nitrogens with one attached hydrogen (secondary N) is 2. The van der Waals surface area contributed by atoms with Crippen molar-refractivity contribution in [3.8, 4) is 0 Å². The minimum absolute atomic E-state index is 0.122. The van der Waals surface area contributed by atoms with Gasteiger partial charge in [0.2, 0.25) is 11.8 Å². The van der Waals surface area contributed by atoms with Crippen molar-refractivity contribution in [2.45, 2.75) is 57.9 Å². The van der Waals surface area contributed by atoms with Crippen LogP contribution < -0.4 is 10.6 Å². The van der Waals surface area contributed by atoms with Crippen LogP contribution in [0.5, 0.6) is 0 Å². The molecule has 2 heterocycles. The van der Waals surface area contributed by atoms with Crippen LogP contribution in [-0.4, -0.2) is 76.4 Å². The van der Waals surface area contributed by atoms with Gasteiger partial charge in [-0.2, -0.15) is 0 Å². The lowest BCUT2D eigenvalue weighted by Gasteiger charge is -2.36. The molecule has 0 spiro atoms. The number of halogens is 1. The standard InChI is InChI=1S/C27H37FN6O3S/c1-17-4-6-19(7-5-17)14-24(35)30-22-9-8-20(15-21(22)28)18(2)25(31-26(36)23-16-29-32-38-23)27(37)34-12-10-33(3)11-13-34/h8-9,15-19,25H,4-7,10-14H2,1-3H3,(H,30,35)(H,31,36)/t17-,18-,19-,25+/m0/s1. The van der Waals surface area contributed by atoms with Gasteiger partial charge in [0, 0.05) is 38.5 Å². The minimum atomic E-state index is -0.901. The number of aromatic nitrogens is 2. The molecule has 3 amide bonds. The zero-order valence-electron chi connectivity index (χ0n) is 22.3. The van der Waals surface area contributed by atoms with Crippen molar-refractivity contribution in [2.75, 3.05) is 38.5 Å². The van der Waals surface area contributed by atoms with Crippen LogP contribution in [0.25, 0.3) is 0 Å². The van der Waals surface area contributed by atoms with Crippen molar-refractivity contribution >= 4 is 34.9 Å². The van der Waals surface area contributed by atoms with Crippen LogP contribution in [0, 0.1) is 17.7 Å². The Labute approximate surface area is 227 Å². The number of amides is 3. The van der Waals surface area contributed by atoms with E-state index in [2.05, 4.69) is 32.0 Å². The second-order valence-electron chi connectivity index (χ2n) is 10.8. The van der Waals surface area contributed by atoms with E-state index < -0.39 is 23.7 Å². The first-order chi connectivity index (χ1) is 18.2. The predicted molar refractivity (Wildman–Crippen MR) is 144 cm³/mol. The molecule has 2 aromatic rings. The predicted octanol–water partition coefficient (Wildman–Crippen LogP) is 3.51. The van der Waals surface area contributed by atoms with Crippen LogP contribution in [0.3, 0.4) is 0 Å². The molecule has 2 atom stereocenters. The van der Waals surface area contributed by atoms with Crippen LogP contribution in [0.2, 0.25) is 0 Å². The van der Waals surface area contributed by atoms with Crippen LogP contribution in [-0.2, 0) is 9.59 Å². The van der Waals surface area contributed by atoms with Gasteiger partial charge in [-0.1, -0.05) is 37.2 Å². The normalized spacial score (nSPS) is 21.9. The molecule has 1 aromatic heterocycles. The van der Waals surface area contributed by atoms with Crippen molar-refractivity contribution < 1.29 is 18.8 Å². The number of hydrogen-bond donors (Lipinski definition) is 2. The zero-order chi connectivity index (χ0) is 27.2. The topological polar surface area (TPSA) is 108 Å². The summed E-state index contributed by atoms with van der Waals surface area (Å²) in [5, 5.41) is 9.26. The molecule has 2 N–H and O–H groups in total. The lowest BCUT2D eigenvalue weighted by molar-refractivity contribution is -0.135.